The summed E-state index contributed by atoms with van der Waals surface area (Å²) in [6.45, 7) is 2.06. The lowest BCUT2D eigenvalue weighted by atomic mass is 9.96. The van der Waals surface area contributed by atoms with Crippen molar-refractivity contribution < 1.29 is 18.3 Å². The highest BCUT2D eigenvalue weighted by Crippen LogP contribution is 2.30. The molecule has 0 radical (unpaired) electrons. The highest BCUT2D eigenvalue weighted by Gasteiger charge is 2.30. The molecule has 24 heavy (non-hydrogen) atoms. The first-order valence-electron chi connectivity index (χ1n) is 8.00. The van der Waals surface area contributed by atoms with Crippen LogP contribution in [0.25, 0.3) is 0 Å². The molecular weight excluding hydrogens is 319 g/mol. The number of rotatable bonds is 4. The number of aromatic amines is 1. The minimum absolute atomic E-state index is 0.300. The van der Waals surface area contributed by atoms with Gasteiger partial charge in [0.15, 0.2) is 0 Å². The van der Waals surface area contributed by atoms with Crippen LogP contribution in [-0.2, 0) is 6.18 Å². The van der Waals surface area contributed by atoms with Gasteiger partial charge in [-0.1, -0.05) is 12.1 Å². The summed E-state index contributed by atoms with van der Waals surface area (Å²) in [5.41, 5.74) is -0.197. The summed E-state index contributed by atoms with van der Waals surface area (Å²) < 4.78 is 37.8. The fourth-order valence-electron chi connectivity index (χ4n) is 3.19. The van der Waals surface area contributed by atoms with E-state index in [1.807, 2.05) is 0 Å². The van der Waals surface area contributed by atoms with Crippen LogP contribution in [0.4, 0.5) is 13.2 Å². The van der Waals surface area contributed by atoms with E-state index in [0.717, 1.165) is 43.9 Å². The number of hydrogen-bond acceptors (Lipinski definition) is 3. The van der Waals surface area contributed by atoms with Gasteiger partial charge in [-0.2, -0.15) is 13.2 Å². The van der Waals surface area contributed by atoms with Gasteiger partial charge in [0, 0.05) is 31.4 Å². The summed E-state index contributed by atoms with van der Waals surface area (Å²) in [5, 5.41) is 10.3. The molecule has 0 amide bonds. The average molecular weight is 339 g/mol. The Morgan fingerprint density at radius 2 is 2.04 bits per heavy atom. The fourth-order valence-corrected chi connectivity index (χ4v) is 3.19. The maximum Gasteiger partial charge on any atom is 0.416 e. The Balaban J connectivity index is 1.61. The molecule has 1 unspecified atom stereocenters. The van der Waals surface area contributed by atoms with Gasteiger partial charge in [-0.05, 0) is 37.1 Å². The molecule has 0 spiro atoms. The minimum atomic E-state index is -4.35. The number of alkyl halides is 3. The van der Waals surface area contributed by atoms with Gasteiger partial charge >= 0.3 is 6.18 Å². The third kappa shape index (κ3) is 3.96. The summed E-state index contributed by atoms with van der Waals surface area (Å²) in [6.07, 6.45) is 0.414. The molecule has 1 fully saturated rings. The standard InChI is InChI=1S/C17H20F3N3O/c18-17(19,20)14-5-3-12(4-6-14)15(24)11-23-9-1-2-13(10-23)16-21-7-8-22-16/h3-8,13,15,24H,1-2,9-11H2,(H,21,22)/t13?,15-/m1/s1. The highest BCUT2D eigenvalue weighted by molar-refractivity contribution is 5.26. The second kappa shape index (κ2) is 6.94. The third-order valence-corrected chi connectivity index (χ3v) is 4.47. The molecule has 4 nitrogen and oxygen atoms in total. The fraction of sp³-hybridized carbons (Fsp3) is 0.471. The Morgan fingerprint density at radius 3 is 2.67 bits per heavy atom. The van der Waals surface area contributed by atoms with E-state index in [2.05, 4.69) is 14.9 Å². The number of benzene rings is 1. The summed E-state index contributed by atoms with van der Waals surface area (Å²) in [4.78, 5) is 9.56. The molecule has 2 aromatic rings. The molecule has 0 aliphatic carbocycles. The number of H-pyrrole nitrogens is 1. The number of imidazole rings is 1. The van der Waals surface area contributed by atoms with Crippen molar-refractivity contribution in [1.29, 1.82) is 0 Å². The number of halogens is 3. The van der Waals surface area contributed by atoms with Gasteiger partial charge in [-0.3, -0.25) is 4.90 Å². The first kappa shape index (κ1) is 17.0. The molecule has 0 bridgehead atoms. The van der Waals surface area contributed by atoms with Crippen molar-refractivity contribution in [3.05, 3.63) is 53.6 Å². The van der Waals surface area contributed by atoms with E-state index in [1.54, 1.807) is 12.4 Å². The maximum atomic E-state index is 12.6. The van der Waals surface area contributed by atoms with Crippen LogP contribution in [0.1, 0.15) is 41.8 Å². The van der Waals surface area contributed by atoms with Gasteiger partial charge in [-0.25, -0.2) is 4.98 Å². The van der Waals surface area contributed by atoms with Crippen molar-refractivity contribution in [2.75, 3.05) is 19.6 Å². The van der Waals surface area contributed by atoms with Crippen molar-refractivity contribution in [3.8, 4) is 0 Å². The summed E-state index contributed by atoms with van der Waals surface area (Å²) >= 11 is 0. The lowest BCUT2D eigenvalue weighted by Gasteiger charge is -2.33. The molecule has 0 saturated carbocycles. The predicted molar refractivity (Wildman–Crippen MR) is 83.4 cm³/mol. The number of nitrogens with one attached hydrogen (secondary N) is 1. The van der Waals surface area contributed by atoms with Crippen LogP contribution in [-0.4, -0.2) is 39.6 Å². The van der Waals surface area contributed by atoms with E-state index in [1.165, 1.54) is 12.1 Å². The lowest BCUT2D eigenvalue weighted by Crippen LogP contribution is -2.37. The molecule has 7 heteroatoms. The second-order valence-electron chi connectivity index (χ2n) is 6.21. The van der Waals surface area contributed by atoms with E-state index in [9.17, 15) is 18.3 Å². The smallest absolute Gasteiger partial charge is 0.387 e. The first-order valence-corrected chi connectivity index (χ1v) is 8.00. The number of nitrogens with zero attached hydrogens (tertiary/aromatic N) is 2. The topological polar surface area (TPSA) is 52.1 Å². The molecule has 1 aliphatic rings. The summed E-state index contributed by atoms with van der Waals surface area (Å²) in [5.74, 6) is 1.25. The molecule has 2 heterocycles. The third-order valence-electron chi connectivity index (χ3n) is 4.47. The van der Waals surface area contributed by atoms with Crippen molar-refractivity contribution in [2.45, 2.75) is 31.0 Å². The van der Waals surface area contributed by atoms with Crippen molar-refractivity contribution in [1.82, 2.24) is 14.9 Å². The first-order chi connectivity index (χ1) is 11.4. The second-order valence-corrected chi connectivity index (χ2v) is 6.21. The van der Waals surface area contributed by atoms with Crippen LogP contribution in [0, 0.1) is 0 Å². The Hall–Kier alpha value is -1.86. The van der Waals surface area contributed by atoms with Crippen LogP contribution in [0.3, 0.4) is 0 Å². The van der Waals surface area contributed by atoms with Gasteiger partial charge in [0.25, 0.3) is 0 Å². The van der Waals surface area contributed by atoms with Gasteiger partial charge < -0.3 is 10.1 Å². The Bertz CT molecular complexity index is 640. The Labute approximate surface area is 138 Å². The maximum absolute atomic E-state index is 12.6. The predicted octanol–water partition coefficient (Wildman–Crippen LogP) is 3.34. The molecular formula is C17H20F3N3O. The Kier molecular flexibility index (Phi) is 4.91. The van der Waals surface area contributed by atoms with E-state index >= 15 is 0 Å². The van der Waals surface area contributed by atoms with Crippen LogP contribution in [0.2, 0.25) is 0 Å². The van der Waals surface area contributed by atoms with Gasteiger partial charge in [0.1, 0.15) is 5.82 Å². The molecule has 2 atom stereocenters. The van der Waals surface area contributed by atoms with E-state index in [4.69, 9.17) is 0 Å². The van der Waals surface area contributed by atoms with Gasteiger partial charge in [-0.15, -0.1) is 0 Å². The van der Waals surface area contributed by atoms with E-state index in [-0.39, 0.29) is 0 Å². The van der Waals surface area contributed by atoms with Gasteiger partial charge in [0.05, 0.1) is 11.7 Å². The molecule has 130 valence electrons. The number of aliphatic hydroxyl groups is 1. The van der Waals surface area contributed by atoms with Gasteiger partial charge in [0.2, 0.25) is 0 Å². The normalized spacial score (nSPS) is 20.9. The molecule has 2 N–H and O–H groups in total. The van der Waals surface area contributed by atoms with E-state index in [0.29, 0.717) is 18.0 Å². The highest BCUT2D eigenvalue weighted by atomic mass is 19.4. The number of aromatic nitrogens is 2. The average Bonchev–Trinajstić information content (AvgIpc) is 3.09. The van der Waals surface area contributed by atoms with Crippen LogP contribution in [0.5, 0.6) is 0 Å². The molecule has 1 aromatic heterocycles. The van der Waals surface area contributed by atoms with Crippen molar-refractivity contribution >= 4 is 0 Å². The SMILES string of the molecule is O[C@H](CN1CCCC(c2ncc[nH]2)C1)c1ccc(C(F)(F)F)cc1. The molecule has 3 rings (SSSR count). The number of likely N-dealkylation sites (tertiary alicyclic amines) is 1. The van der Waals surface area contributed by atoms with Crippen molar-refractivity contribution in [2.24, 2.45) is 0 Å². The van der Waals surface area contributed by atoms with E-state index < -0.39 is 17.8 Å². The van der Waals surface area contributed by atoms with Crippen LogP contribution < -0.4 is 0 Å². The van der Waals surface area contributed by atoms with Crippen LogP contribution in [0.15, 0.2) is 36.7 Å². The van der Waals surface area contributed by atoms with Crippen molar-refractivity contribution in [3.63, 3.8) is 0 Å². The molecule has 1 aliphatic heterocycles. The summed E-state index contributed by atoms with van der Waals surface area (Å²) in [6, 6.07) is 4.73. The molecule has 1 saturated heterocycles. The largest absolute Gasteiger partial charge is 0.416 e. The number of β-amino-alcohol motifs (C(OH)–C–C–N with tert-alkyl or cyclic N) is 1. The zero-order valence-corrected chi connectivity index (χ0v) is 13.1. The van der Waals surface area contributed by atoms with Crippen LogP contribution >= 0.6 is 0 Å². The number of aliphatic hydroxyl groups excluding tert-OH is 1. The molecule has 1 aromatic carbocycles. The lowest BCUT2D eigenvalue weighted by molar-refractivity contribution is -0.137. The zero-order chi connectivity index (χ0) is 17.2. The number of piperidine rings is 1. The number of hydrogen-bond donors (Lipinski definition) is 2. The minimum Gasteiger partial charge on any atom is -0.387 e. The zero-order valence-electron chi connectivity index (χ0n) is 13.1. The monoisotopic (exact) mass is 339 g/mol. The summed E-state index contributed by atoms with van der Waals surface area (Å²) in [7, 11) is 0. The Morgan fingerprint density at radius 1 is 1.29 bits per heavy atom. The quantitative estimate of drug-likeness (QED) is 0.898.